The number of carbonyl (C=O) groups excluding carboxylic acids is 1. The van der Waals surface area contributed by atoms with Crippen molar-refractivity contribution in [3.05, 3.63) is 12.1 Å². The zero-order chi connectivity index (χ0) is 18.6. The van der Waals surface area contributed by atoms with E-state index in [0.717, 1.165) is 12.8 Å². The number of ether oxygens (including phenoxy) is 1. The standard InChI is InChI=1S/C18H34BNO4/c1-9-13-20(15(21)22-16(2,3)4)14-11-10-12-19-23-17(5,6)18(7,8)24-19/h10,12H,9,11,13-14H2,1-8H3/b12-10+. The highest BCUT2D eigenvalue weighted by molar-refractivity contribution is 6.51. The fraction of sp³-hybridized carbons (Fsp3) is 0.833. The van der Waals surface area contributed by atoms with E-state index >= 15 is 0 Å². The molecule has 0 radical (unpaired) electrons. The van der Waals surface area contributed by atoms with Crippen molar-refractivity contribution >= 4 is 13.2 Å². The summed E-state index contributed by atoms with van der Waals surface area (Å²) in [7, 11) is -0.337. The van der Waals surface area contributed by atoms with Crippen LogP contribution in [-0.2, 0) is 14.0 Å². The molecule has 0 aromatic rings. The van der Waals surface area contributed by atoms with Gasteiger partial charge in [0.25, 0.3) is 0 Å². The van der Waals surface area contributed by atoms with Gasteiger partial charge in [-0.1, -0.05) is 19.0 Å². The van der Waals surface area contributed by atoms with Crippen molar-refractivity contribution in [3.8, 4) is 0 Å². The van der Waals surface area contributed by atoms with Gasteiger partial charge in [0.05, 0.1) is 11.2 Å². The first-order valence-electron chi connectivity index (χ1n) is 8.88. The highest BCUT2D eigenvalue weighted by Gasteiger charge is 2.49. The van der Waals surface area contributed by atoms with Gasteiger partial charge in [0.1, 0.15) is 5.60 Å². The van der Waals surface area contributed by atoms with E-state index in [1.165, 1.54) is 0 Å². The van der Waals surface area contributed by atoms with Crippen LogP contribution in [0, 0.1) is 0 Å². The predicted molar refractivity (Wildman–Crippen MR) is 97.9 cm³/mol. The van der Waals surface area contributed by atoms with Crippen molar-refractivity contribution < 1.29 is 18.8 Å². The molecule has 138 valence electrons. The second-order valence-electron chi connectivity index (χ2n) is 8.31. The third-order valence-corrected chi connectivity index (χ3v) is 4.28. The van der Waals surface area contributed by atoms with Gasteiger partial charge >= 0.3 is 13.2 Å². The Bertz CT molecular complexity index is 438. The normalized spacial score (nSPS) is 19.8. The topological polar surface area (TPSA) is 48.0 Å². The van der Waals surface area contributed by atoms with Crippen LogP contribution in [0.15, 0.2) is 12.1 Å². The number of hydrogen-bond donors (Lipinski definition) is 0. The SMILES string of the molecule is CCCN(CC/C=C/B1OC(C)(C)C(C)(C)O1)C(=O)OC(C)(C)C. The molecule has 0 spiro atoms. The van der Waals surface area contributed by atoms with E-state index in [4.69, 9.17) is 14.0 Å². The first-order valence-corrected chi connectivity index (χ1v) is 8.88. The Kier molecular flexibility index (Phi) is 6.94. The maximum absolute atomic E-state index is 12.2. The van der Waals surface area contributed by atoms with Gasteiger partial charge < -0.3 is 18.9 Å². The van der Waals surface area contributed by atoms with E-state index in [1.54, 1.807) is 4.90 Å². The fourth-order valence-electron chi connectivity index (χ4n) is 2.30. The van der Waals surface area contributed by atoms with E-state index in [-0.39, 0.29) is 24.4 Å². The molecule has 0 atom stereocenters. The van der Waals surface area contributed by atoms with Crippen LogP contribution in [0.5, 0.6) is 0 Å². The summed E-state index contributed by atoms with van der Waals surface area (Å²) in [6.07, 6.45) is 3.40. The minimum absolute atomic E-state index is 0.256. The van der Waals surface area contributed by atoms with Gasteiger partial charge in [0.2, 0.25) is 0 Å². The Morgan fingerprint density at radius 3 is 2.12 bits per heavy atom. The zero-order valence-electron chi connectivity index (χ0n) is 16.6. The first-order chi connectivity index (χ1) is 10.9. The van der Waals surface area contributed by atoms with Gasteiger partial charge in [-0.2, -0.15) is 0 Å². The van der Waals surface area contributed by atoms with Crippen molar-refractivity contribution in [2.24, 2.45) is 0 Å². The van der Waals surface area contributed by atoms with Crippen LogP contribution in [0.2, 0.25) is 0 Å². The highest BCUT2D eigenvalue weighted by Crippen LogP contribution is 2.36. The zero-order valence-corrected chi connectivity index (χ0v) is 16.6. The summed E-state index contributed by atoms with van der Waals surface area (Å²) >= 11 is 0. The predicted octanol–water partition coefficient (Wildman–Crippen LogP) is 4.21. The summed E-state index contributed by atoms with van der Waals surface area (Å²) in [4.78, 5) is 13.9. The molecule has 1 aliphatic rings. The second kappa shape index (κ2) is 7.92. The minimum Gasteiger partial charge on any atom is -0.444 e. The van der Waals surface area contributed by atoms with Gasteiger partial charge in [-0.3, -0.25) is 0 Å². The van der Waals surface area contributed by atoms with Crippen LogP contribution >= 0.6 is 0 Å². The van der Waals surface area contributed by atoms with Crippen LogP contribution in [0.25, 0.3) is 0 Å². The molecule has 0 bridgehead atoms. The summed E-state index contributed by atoms with van der Waals surface area (Å²) in [5, 5.41) is 0. The smallest absolute Gasteiger partial charge is 0.444 e. The lowest BCUT2D eigenvalue weighted by molar-refractivity contribution is 0.00578. The molecule has 5 nitrogen and oxygen atoms in total. The second-order valence-corrected chi connectivity index (χ2v) is 8.31. The number of rotatable bonds is 6. The average molecular weight is 339 g/mol. The summed E-state index contributed by atoms with van der Waals surface area (Å²) in [6.45, 7) is 17.2. The van der Waals surface area contributed by atoms with Gasteiger partial charge in [0.15, 0.2) is 0 Å². The molecule has 0 aromatic heterocycles. The molecular weight excluding hydrogens is 305 g/mol. The summed E-state index contributed by atoms with van der Waals surface area (Å²) < 4.78 is 17.3. The van der Waals surface area contributed by atoms with Crippen LogP contribution in [0.3, 0.4) is 0 Å². The summed E-state index contributed by atoms with van der Waals surface area (Å²) in [6, 6.07) is 0. The average Bonchev–Trinajstić information content (AvgIpc) is 2.59. The van der Waals surface area contributed by atoms with E-state index in [0.29, 0.717) is 13.1 Å². The fourth-order valence-corrected chi connectivity index (χ4v) is 2.30. The van der Waals surface area contributed by atoms with Crippen molar-refractivity contribution in [1.82, 2.24) is 4.90 Å². The molecular formula is C18H34BNO4. The molecule has 0 N–H and O–H groups in total. The number of hydrogen-bond acceptors (Lipinski definition) is 4. The Hall–Kier alpha value is -1.01. The summed E-state index contributed by atoms with van der Waals surface area (Å²) in [5.74, 6) is 1.93. The molecule has 6 heteroatoms. The van der Waals surface area contributed by atoms with E-state index in [1.807, 2.05) is 60.5 Å². The van der Waals surface area contributed by atoms with E-state index < -0.39 is 5.60 Å². The van der Waals surface area contributed by atoms with Gasteiger partial charge in [-0.05, 0) is 61.3 Å². The van der Waals surface area contributed by atoms with Gasteiger partial charge in [-0.25, -0.2) is 4.79 Å². The Labute approximate surface area is 147 Å². The summed E-state index contributed by atoms with van der Waals surface area (Å²) in [5.41, 5.74) is -1.12. The lowest BCUT2D eigenvalue weighted by atomic mass is 9.90. The Balaban J connectivity index is 2.50. The molecule has 0 saturated carbocycles. The third kappa shape index (κ3) is 6.13. The molecule has 24 heavy (non-hydrogen) atoms. The number of carbonyl (C=O) groups is 1. The number of amides is 1. The quantitative estimate of drug-likeness (QED) is 0.680. The largest absolute Gasteiger partial charge is 0.486 e. The lowest BCUT2D eigenvalue weighted by Gasteiger charge is -2.32. The minimum atomic E-state index is -0.471. The third-order valence-electron chi connectivity index (χ3n) is 4.28. The molecule has 1 amide bonds. The Morgan fingerprint density at radius 2 is 1.67 bits per heavy atom. The van der Waals surface area contributed by atoms with Crippen LogP contribution in [-0.4, -0.2) is 48.0 Å². The molecule has 1 heterocycles. The molecule has 0 aliphatic carbocycles. The van der Waals surface area contributed by atoms with Crippen molar-refractivity contribution in [2.45, 2.75) is 85.0 Å². The van der Waals surface area contributed by atoms with Crippen molar-refractivity contribution in [3.63, 3.8) is 0 Å². The van der Waals surface area contributed by atoms with Crippen LogP contribution in [0.4, 0.5) is 4.79 Å². The van der Waals surface area contributed by atoms with E-state index in [2.05, 4.69) is 6.92 Å². The molecule has 1 aliphatic heterocycles. The van der Waals surface area contributed by atoms with Crippen LogP contribution in [0.1, 0.15) is 68.2 Å². The maximum Gasteiger partial charge on any atom is 0.486 e. The molecule has 1 fully saturated rings. The first kappa shape index (κ1) is 21.0. The highest BCUT2D eigenvalue weighted by atomic mass is 16.7. The monoisotopic (exact) mass is 339 g/mol. The number of nitrogens with zero attached hydrogens (tertiary/aromatic N) is 1. The van der Waals surface area contributed by atoms with E-state index in [9.17, 15) is 4.79 Å². The maximum atomic E-state index is 12.2. The molecule has 0 aromatic carbocycles. The lowest BCUT2D eigenvalue weighted by Crippen LogP contribution is -2.41. The molecule has 1 rings (SSSR count). The van der Waals surface area contributed by atoms with Gasteiger partial charge in [-0.15, -0.1) is 0 Å². The van der Waals surface area contributed by atoms with Crippen LogP contribution < -0.4 is 0 Å². The Morgan fingerprint density at radius 1 is 1.12 bits per heavy atom. The van der Waals surface area contributed by atoms with Crippen molar-refractivity contribution in [1.29, 1.82) is 0 Å². The van der Waals surface area contributed by atoms with Gasteiger partial charge in [0, 0.05) is 13.1 Å². The molecule has 0 unspecified atom stereocenters. The van der Waals surface area contributed by atoms with Crippen molar-refractivity contribution in [2.75, 3.05) is 13.1 Å². The molecule has 1 saturated heterocycles.